The molecular formula is C23H23N3O4S. The first-order valence-electron chi connectivity index (χ1n) is 9.58. The molecule has 3 aromatic carbocycles. The summed E-state index contributed by atoms with van der Waals surface area (Å²) < 4.78 is 27.7. The van der Waals surface area contributed by atoms with Gasteiger partial charge in [-0.2, -0.15) is 0 Å². The number of hydrogen-bond donors (Lipinski definition) is 3. The van der Waals surface area contributed by atoms with Crippen LogP contribution in [0.4, 0.5) is 11.4 Å². The molecule has 0 fully saturated rings. The number of carbonyl (C=O) groups is 2. The molecule has 3 rings (SSSR count). The number of para-hydroxylation sites is 1. The average molecular weight is 438 g/mol. The summed E-state index contributed by atoms with van der Waals surface area (Å²) >= 11 is 0. The third-order valence-corrected chi connectivity index (χ3v) is 6.02. The summed E-state index contributed by atoms with van der Waals surface area (Å²) in [5, 5.41) is 5.33. The zero-order valence-corrected chi connectivity index (χ0v) is 18.0. The fourth-order valence-corrected chi connectivity index (χ4v) is 3.93. The number of benzene rings is 3. The molecule has 3 aromatic rings. The van der Waals surface area contributed by atoms with E-state index in [-0.39, 0.29) is 17.2 Å². The van der Waals surface area contributed by atoms with Crippen LogP contribution in [0.1, 0.15) is 21.5 Å². The van der Waals surface area contributed by atoms with Gasteiger partial charge >= 0.3 is 0 Å². The number of nitrogens with one attached hydrogen (secondary N) is 3. The Balaban J connectivity index is 1.73. The second kappa shape index (κ2) is 9.44. The van der Waals surface area contributed by atoms with E-state index in [1.165, 1.54) is 24.3 Å². The number of amides is 2. The average Bonchev–Trinajstić information content (AvgIpc) is 2.76. The van der Waals surface area contributed by atoms with Gasteiger partial charge in [0, 0.05) is 24.0 Å². The van der Waals surface area contributed by atoms with E-state index in [2.05, 4.69) is 15.4 Å². The number of aryl methyl sites for hydroxylation is 1. The van der Waals surface area contributed by atoms with Crippen LogP contribution in [-0.2, 0) is 21.2 Å². The maximum absolute atomic E-state index is 12.6. The lowest BCUT2D eigenvalue weighted by molar-refractivity contribution is -0.119. The first-order chi connectivity index (χ1) is 14.8. The predicted octanol–water partition coefficient (Wildman–Crippen LogP) is 3.34. The molecule has 3 N–H and O–H groups in total. The lowest BCUT2D eigenvalue weighted by Crippen LogP contribution is -2.21. The van der Waals surface area contributed by atoms with Gasteiger partial charge in [-0.05, 0) is 55.0 Å². The molecule has 0 aliphatic heterocycles. The Bertz CT molecular complexity index is 1190. The quantitative estimate of drug-likeness (QED) is 0.527. The number of anilines is 2. The van der Waals surface area contributed by atoms with Crippen molar-refractivity contribution in [2.75, 3.05) is 17.1 Å². The van der Waals surface area contributed by atoms with Gasteiger partial charge in [-0.1, -0.05) is 35.9 Å². The smallest absolute Gasteiger partial charge is 0.261 e. The third-order valence-electron chi connectivity index (χ3n) is 4.63. The van der Waals surface area contributed by atoms with Crippen molar-refractivity contribution in [1.29, 1.82) is 0 Å². The molecule has 0 heterocycles. The van der Waals surface area contributed by atoms with Crippen molar-refractivity contribution in [1.82, 2.24) is 5.32 Å². The SMILES string of the molecule is CNC(=O)Cc1ccccc1NC(=O)c1ccc(S(=O)(=O)Nc2ccc(C)cc2)cc1. The third kappa shape index (κ3) is 5.70. The Hall–Kier alpha value is -3.65. The molecule has 31 heavy (non-hydrogen) atoms. The van der Waals surface area contributed by atoms with E-state index in [9.17, 15) is 18.0 Å². The van der Waals surface area contributed by atoms with Crippen molar-refractivity contribution >= 4 is 33.2 Å². The van der Waals surface area contributed by atoms with Gasteiger partial charge in [-0.25, -0.2) is 8.42 Å². The van der Waals surface area contributed by atoms with Gasteiger partial charge in [0.25, 0.3) is 15.9 Å². The minimum absolute atomic E-state index is 0.0460. The second-order valence-corrected chi connectivity index (χ2v) is 8.64. The van der Waals surface area contributed by atoms with Crippen molar-refractivity contribution in [3.05, 3.63) is 89.5 Å². The van der Waals surface area contributed by atoms with Crippen LogP contribution in [0.25, 0.3) is 0 Å². The maximum Gasteiger partial charge on any atom is 0.261 e. The first kappa shape index (κ1) is 22.0. The lowest BCUT2D eigenvalue weighted by atomic mass is 10.1. The topological polar surface area (TPSA) is 104 Å². The number of carbonyl (C=O) groups excluding carboxylic acids is 2. The van der Waals surface area contributed by atoms with Crippen molar-refractivity contribution < 1.29 is 18.0 Å². The number of sulfonamides is 1. The van der Waals surface area contributed by atoms with Crippen LogP contribution in [0.3, 0.4) is 0 Å². The summed E-state index contributed by atoms with van der Waals surface area (Å²) in [5.41, 5.74) is 2.98. The highest BCUT2D eigenvalue weighted by molar-refractivity contribution is 7.92. The zero-order chi connectivity index (χ0) is 22.4. The predicted molar refractivity (Wildman–Crippen MR) is 121 cm³/mol. The molecule has 0 aromatic heterocycles. The fourth-order valence-electron chi connectivity index (χ4n) is 2.87. The molecule has 0 bridgehead atoms. The Labute approximate surface area is 181 Å². The largest absolute Gasteiger partial charge is 0.359 e. The lowest BCUT2D eigenvalue weighted by Gasteiger charge is -2.12. The number of rotatable bonds is 7. The Morgan fingerprint density at radius 3 is 2.16 bits per heavy atom. The van der Waals surface area contributed by atoms with E-state index in [1.54, 1.807) is 43.4 Å². The summed E-state index contributed by atoms with van der Waals surface area (Å²) in [6, 6.07) is 19.7. The molecule has 2 amide bonds. The van der Waals surface area contributed by atoms with Crippen LogP contribution >= 0.6 is 0 Å². The van der Waals surface area contributed by atoms with Gasteiger partial charge in [-0.3, -0.25) is 14.3 Å². The van der Waals surface area contributed by atoms with Gasteiger partial charge in [0.15, 0.2) is 0 Å². The molecule has 0 aliphatic rings. The molecule has 0 unspecified atom stereocenters. The summed E-state index contributed by atoms with van der Waals surface area (Å²) in [6.07, 6.45) is 0.134. The van der Waals surface area contributed by atoms with Crippen LogP contribution < -0.4 is 15.4 Å². The molecule has 0 atom stereocenters. The monoisotopic (exact) mass is 437 g/mol. The Kier molecular flexibility index (Phi) is 6.71. The Morgan fingerprint density at radius 2 is 1.52 bits per heavy atom. The van der Waals surface area contributed by atoms with Crippen LogP contribution in [0.2, 0.25) is 0 Å². The van der Waals surface area contributed by atoms with Crippen LogP contribution in [0, 0.1) is 6.92 Å². The van der Waals surface area contributed by atoms with Gasteiger partial charge < -0.3 is 10.6 Å². The molecule has 0 aliphatic carbocycles. The van der Waals surface area contributed by atoms with Gasteiger partial charge in [0.1, 0.15) is 0 Å². The van der Waals surface area contributed by atoms with E-state index in [4.69, 9.17) is 0 Å². The fraction of sp³-hybridized carbons (Fsp3) is 0.130. The summed E-state index contributed by atoms with van der Waals surface area (Å²) in [5.74, 6) is -0.572. The highest BCUT2D eigenvalue weighted by Gasteiger charge is 2.16. The van der Waals surface area contributed by atoms with Gasteiger partial charge in [0.2, 0.25) is 5.91 Å². The molecular weight excluding hydrogens is 414 g/mol. The number of hydrogen-bond acceptors (Lipinski definition) is 4. The Morgan fingerprint density at radius 1 is 0.871 bits per heavy atom. The maximum atomic E-state index is 12.6. The molecule has 0 saturated heterocycles. The van der Waals surface area contributed by atoms with Crippen LogP contribution in [-0.4, -0.2) is 27.3 Å². The van der Waals surface area contributed by atoms with E-state index in [0.717, 1.165) is 5.56 Å². The van der Waals surface area contributed by atoms with E-state index in [1.807, 2.05) is 19.1 Å². The standard InChI is InChI=1S/C23H23N3O4S/c1-16-7-11-19(12-8-16)26-31(29,30)20-13-9-17(10-14-20)23(28)25-21-6-4-3-5-18(21)15-22(27)24-2/h3-14,26H,15H2,1-2H3,(H,24,27)(H,25,28). The summed E-state index contributed by atoms with van der Waals surface area (Å²) in [7, 11) is -2.23. The van der Waals surface area contributed by atoms with E-state index >= 15 is 0 Å². The normalized spacial score (nSPS) is 10.9. The van der Waals surface area contributed by atoms with Gasteiger partial charge in [0.05, 0.1) is 11.3 Å². The molecule has 8 heteroatoms. The highest BCUT2D eigenvalue weighted by atomic mass is 32.2. The summed E-state index contributed by atoms with van der Waals surface area (Å²) in [6.45, 7) is 1.92. The van der Waals surface area contributed by atoms with Crippen molar-refractivity contribution in [2.24, 2.45) is 0 Å². The number of likely N-dealkylation sites (N-methyl/N-ethyl adjacent to an activating group) is 1. The zero-order valence-electron chi connectivity index (χ0n) is 17.2. The molecule has 0 radical (unpaired) electrons. The minimum Gasteiger partial charge on any atom is -0.359 e. The van der Waals surface area contributed by atoms with Gasteiger partial charge in [-0.15, -0.1) is 0 Å². The van der Waals surface area contributed by atoms with E-state index < -0.39 is 15.9 Å². The molecule has 7 nitrogen and oxygen atoms in total. The van der Waals surface area contributed by atoms with E-state index in [0.29, 0.717) is 22.5 Å². The molecule has 0 spiro atoms. The second-order valence-electron chi connectivity index (χ2n) is 6.96. The van der Waals surface area contributed by atoms with Crippen LogP contribution in [0.5, 0.6) is 0 Å². The highest BCUT2D eigenvalue weighted by Crippen LogP contribution is 2.19. The molecule has 0 saturated carbocycles. The van der Waals surface area contributed by atoms with Crippen LogP contribution in [0.15, 0.2) is 77.7 Å². The summed E-state index contributed by atoms with van der Waals surface area (Å²) in [4.78, 5) is 24.4. The van der Waals surface area contributed by atoms with Crippen molar-refractivity contribution in [3.8, 4) is 0 Å². The van der Waals surface area contributed by atoms with Crippen molar-refractivity contribution in [3.63, 3.8) is 0 Å². The van der Waals surface area contributed by atoms with Crippen molar-refractivity contribution in [2.45, 2.75) is 18.2 Å². The molecule has 160 valence electrons. The minimum atomic E-state index is -3.78. The first-order valence-corrected chi connectivity index (χ1v) is 11.1.